The van der Waals surface area contributed by atoms with Crippen molar-refractivity contribution in [1.82, 2.24) is 0 Å². The molecule has 2 aromatic carbocycles. The molecule has 7 nitrogen and oxygen atoms in total. The number of methoxy groups -OCH3 is 2. The van der Waals surface area contributed by atoms with E-state index in [2.05, 4.69) is 6.58 Å². The van der Waals surface area contributed by atoms with Crippen LogP contribution in [0, 0.1) is 0 Å². The Kier molecular flexibility index (Phi) is 7.36. The molecule has 0 N–H and O–H groups in total. The van der Waals surface area contributed by atoms with Crippen LogP contribution in [0.5, 0.6) is 11.5 Å². The summed E-state index contributed by atoms with van der Waals surface area (Å²) < 4.78 is 41.5. The number of para-hydroxylation sites is 1. The molecule has 0 aromatic heterocycles. The van der Waals surface area contributed by atoms with E-state index in [9.17, 15) is 0 Å². The van der Waals surface area contributed by atoms with Gasteiger partial charge in [-0.15, -0.1) is 6.58 Å². The van der Waals surface area contributed by atoms with Crippen molar-refractivity contribution in [2.45, 2.75) is 63.6 Å². The van der Waals surface area contributed by atoms with E-state index in [4.69, 9.17) is 33.2 Å². The minimum atomic E-state index is -0.746. The zero-order chi connectivity index (χ0) is 23.4. The van der Waals surface area contributed by atoms with Gasteiger partial charge in [0.2, 0.25) is 0 Å². The maximum atomic E-state index is 6.34. The first-order valence-electron chi connectivity index (χ1n) is 11.1. The number of benzene rings is 2. The Balaban J connectivity index is 1.48. The Morgan fingerprint density at radius 3 is 2.45 bits per heavy atom. The van der Waals surface area contributed by atoms with E-state index in [1.807, 2.05) is 62.4 Å². The molecule has 0 spiro atoms. The van der Waals surface area contributed by atoms with Crippen LogP contribution in [0.25, 0.3) is 0 Å². The van der Waals surface area contributed by atoms with Crippen molar-refractivity contribution in [2.75, 3.05) is 14.2 Å². The summed E-state index contributed by atoms with van der Waals surface area (Å²) in [4.78, 5) is 0. The molecule has 0 saturated carbocycles. The van der Waals surface area contributed by atoms with Crippen molar-refractivity contribution < 1.29 is 33.2 Å². The van der Waals surface area contributed by atoms with E-state index in [0.29, 0.717) is 13.2 Å². The maximum Gasteiger partial charge on any atom is 0.190 e. The van der Waals surface area contributed by atoms with Crippen LogP contribution in [0.3, 0.4) is 0 Å². The van der Waals surface area contributed by atoms with E-state index in [-0.39, 0.29) is 6.10 Å². The summed E-state index contributed by atoms with van der Waals surface area (Å²) in [5.74, 6) is 0.820. The molecule has 0 aliphatic carbocycles. The summed E-state index contributed by atoms with van der Waals surface area (Å²) in [7, 11) is 3.29. The molecule has 2 heterocycles. The number of ether oxygens (including phenoxy) is 7. The molecule has 0 radical (unpaired) electrons. The molecule has 178 valence electrons. The van der Waals surface area contributed by atoms with Gasteiger partial charge >= 0.3 is 0 Å². The van der Waals surface area contributed by atoms with Gasteiger partial charge in [-0.05, 0) is 37.6 Å². The Morgan fingerprint density at radius 1 is 1.00 bits per heavy atom. The van der Waals surface area contributed by atoms with E-state index >= 15 is 0 Å². The summed E-state index contributed by atoms with van der Waals surface area (Å²) in [6.45, 7) is 8.43. The second-order valence-electron chi connectivity index (χ2n) is 8.52. The number of hydrogen-bond donors (Lipinski definition) is 0. The number of fused-ring (bicyclic) bond motifs is 1. The van der Waals surface area contributed by atoms with Gasteiger partial charge in [0.25, 0.3) is 0 Å². The molecule has 2 aromatic rings. The minimum absolute atomic E-state index is 0.342. The third kappa shape index (κ3) is 5.39. The van der Waals surface area contributed by atoms with Crippen molar-refractivity contribution in [1.29, 1.82) is 0 Å². The fourth-order valence-electron chi connectivity index (χ4n) is 4.18. The lowest BCUT2D eigenvalue weighted by molar-refractivity contribution is -0.230. The second kappa shape index (κ2) is 10.2. The van der Waals surface area contributed by atoms with Gasteiger partial charge < -0.3 is 33.2 Å². The van der Waals surface area contributed by atoms with Crippen molar-refractivity contribution in [3.63, 3.8) is 0 Å². The smallest absolute Gasteiger partial charge is 0.190 e. The largest absolute Gasteiger partial charge is 0.497 e. The van der Waals surface area contributed by atoms with Crippen LogP contribution in [0.1, 0.15) is 25.0 Å². The van der Waals surface area contributed by atoms with Gasteiger partial charge in [-0.25, -0.2) is 0 Å². The minimum Gasteiger partial charge on any atom is -0.497 e. The topological polar surface area (TPSA) is 64.6 Å². The van der Waals surface area contributed by atoms with Crippen LogP contribution >= 0.6 is 0 Å². The fraction of sp³-hybridized carbons (Fsp3) is 0.462. The van der Waals surface area contributed by atoms with Crippen molar-refractivity contribution in [2.24, 2.45) is 0 Å². The fourth-order valence-corrected chi connectivity index (χ4v) is 4.18. The highest BCUT2D eigenvalue weighted by Gasteiger charge is 2.57. The predicted octanol–water partition coefficient (Wildman–Crippen LogP) is 4.24. The third-order valence-corrected chi connectivity index (χ3v) is 5.81. The quantitative estimate of drug-likeness (QED) is 0.496. The SMILES string of the molecule is C=C[C@H](OCc1ccccc1OC)[C@H]1O[C@@H]2OC(C)(C)O[C@@H]2[C@H]1OCc1ccc(OC)cc1. The second-order valence-corrected chi connectivity index (χ2v) is 8.52. The lowest BCUT2D eigenvalue weighted by atomic mass is 10.0. The highest BCUT2D eigenvalue weighted by Crippen LogP contribution is 2.40. The lowest BCUT2D eigenvalue weighted by Crippen LogP contribution is -2.43. The highest BCUT2D eigenvalue weighted by atomic mass is 16.8. The van der Waals surface area contributed by atoms with Gasteiger partial charge in [-0.2, -0.15) is 0 Å². The lowest BCUT2D eigenvalue weighted by Gasteiger charge is -2.29. The number of hydrogen-bond acceptors (Lipinski definition) is 7. The van der Waals surface area contributed by atoms with Gasteiger partial charge in [0.15, 0.2) is 12.1 Å². The van der Waals surface area contributed by atoms with Gasteiger partial charge in [-0.3, -0.25) is 0 Å². The van der Waals surface area contributed by atoms with Crippen molar-refractivity contribution in [3.8, 4) is 11.5 Å². The first-order chi connectivity index (χ1) is 15.9. The third-order valence-electron chi connectivity index (χ3n) is 5.81. The van der Waals surface area contributed by atoms with Gasteiger partial charge in [0.05, 0.1) is 27.4 Å². The highest BCUT2D eigenvalue weighted by molar-refractivity contribution is 5.32. The van der Waals surface area contributed by atoms with Crippen LogP contribution in [0.4, 0.5) is 0 Å². The molecule has 2 aliphatic rings. The molecule has 0 bridgehead atoms. The summed E-state index contributed by atoms with van der Waals surface area (Å²) in [6, 6.07) is 15.5. The van der Waals surface area contributed by atoms with Gasteiger partial charge in [0, 0.05) is 5.56 Å². The maximum absolute atomic E-state index is 6.34. The first-order valence-corrected chi connectivity index (χ1v) is 11.1. The number of rotatable bonds is 10. The molecule has 0 amide bonds. The van der Waals surface area contributed by atoms with Crippen LogP contribution in [-0.4, -0.2) is 50.7 Å². The molecule has 2 saturated heterocycles. The van der Waals surface area contributed by atoms with Crippen LogP contribution in [0.2, 0.25) is 0 Å². The van der Waals surface area contributed by atoms with Crippen LogP contribution in [-0.2, 0) is 36.9 Å². The molecular weight excluding hydrogens is 424 g/mol. The zero-order valence-corrected chi connectivity index (χ0v) is 19.6. The predicted molar refractivity (Wildman–Crippen MR) is 122 cm³/mol. The van der Waals surface area contributed by atoms with Gasteiger partial charge in [0.1, 0.15) is 35.9 Å². The Bertz CT molecular complexity index is 926. The van der Waals surface area contributed by atoms with Crippen molar-refractivity contribution >= 4 is 0 Å². The van der Waals surface area contributed by atoms with Crippen LogP contribution < -0.4 is 9.47 Å². The summed E-state index contributed by atoms with van der Waals surface area (Å²) in [6.07, 6.45) is -0.461. The van der Waals surface area contributed by atoms with Gasteiger partial charge in [-0.1, -0.05) is 36.4 Å². The van der Waals surface area contributed by atoms with E-state index in [1.165, 1.54) is 0 Å². The van der Waals surface area contributed by atoms with E-state index in [1.54, 1.807) is 20.3 Å². The van der Waals surface area contributed by atoms with Crippen molar-refractivity contribution in [3.05, 3.63) is 72.3 Å². The molecule has 2 aliphatic heterocycles. The average molecular weight is 457 g/mol. The summed E-state index contributed by atoms with van der Waals surface area (Å²) in [5, 5.41) is 0. The zero-order valence-electron chi connectivity index (χ0n) is 19.6. The molecule has 5 atom stereocenters. The van der Waals surface area contributed by atoms with E-state index < -0.39 is 30.4 Å². The molecule has 33 heavy (non-hydrogen) atoms. The monoisotopic (exact) mass is 456 g/mol. The summed E-state index contributed by atoms with van der Waals surface area (Å²) >= 11 is 0. The Morgan fingerprint density at radius 2 is 1.76 bits per heavy atom. The standard InChI is InChI=1S/C26H32O7/c1-6-20(29-16-18-9-7-8-10-21(18)28-5)22-23(24-25(31-22)33-26(2,3)32-24)30-15-17-11-13-19(27-4)14-12-17/h6-14,20,22-25H,1,15-16H2,2-5H3/t20-,22+,23-,24+,25+/m0/s1. The van der Waals surface area contributed by atoms with E-state index in [0.717, 1.165) is 22.6 Å². The Labute approximate surface area is 195 Å². The first kappa shape index (κ1) is 23.7. The normalized spacial score (nSPS) is 26.5. The molecular formula is C26H32O7. The molecule has 4 rings (SSSR count). The average Bonchev–Trinajstić information content (AvgIpc) is 3.30. The summed E-state index contributed by atoms with van der Waals surface area (Å²) in [5.41, 5.74) is 1.95. The molecule has 0 unspecified atom stereocenters. The molecule has 7 heteroatoms. The Hall–Kier alpha value is -2.42. The molecule has 2 fully saturated rings. The van der Waals surface area contributed by atoms with Crippen LogP contribution in [0.15, 0.2) is 61.2 Å².